The molecule has 1 aliphatic rings. The minimum absolute atomic E-state index is 0.0122. The summed E-state index contributed by atoms with van der Waals surface area (Å²) < 4.78 is 27.1. The molecule has 134 valence electrons. The SMILES string of the molecule is CC(C)c1ccc(S(=O)(=O)NCCC(=O)N2CCNC[C@H]2C)cc1. The highest BCUT2D eigenvalue weighted by molar-refractivity contribution is 7.89. The van der Waals surface area contributed by atoms with Gasteiger partial charge in [0, 0.05) is 38.6 Å². The number of nitrogens with zero attached hydrogens (tertiary/aromatic N) is 1. The number of carbonyl (C=O) groups excluding carboxylic acids is 1. The molecule has 0 spiro atoms. The first-order chi connectivity index (χ1) is 11.3. The molecule has 1 atom stereocenters. The van der Waals surface area contributed by atoms with Crippen molar-refractivity contribution in [2.24, 2.45) is 0 Å². The Morgan fingerprint density at radius 1 is 1.33 bits per heavy atom. The van der Waals surface area contributed by atoms with Gasteiger partial charge in [0.2, 0.25) is 15.9 Å². The Morgan fingerprint density at radius 2 is 2.00 bits per heavy atom. The van der Waals surface area contributed by atoms with Crippen LogP contribution in [0.3, 0.4) is 0 Å². The fourth-order valence-corrected chi connectivity index (χ4v) is 3.79. The van der Waals surface area contributed by atoms with E-state index in [-0.39, 0.29) is 29.8 Å². The summed E-state index contributed by atoms with van der Waals surface area (Å²) in [6, 6.07) is 7.02. The zero-order chi connectivity index (χ0) is 17.7. The van der Waals surface area contributed by atoms with E-state index in [9.17, 15) is 13.2 Å². The average molecular weight is 353 g/mol. The molecule has 1 aromatic carbocycles. The number of rotatable bonds is 6. The van der Waals surface area contributed by atoms with Crippen LogP contribution in [0, 0.1) is 0 Å². The Kier molecular flexibility index (Phi) is 6.37. The molecule has 0 saturated carbocycles. The van der Waals surface area contributed by atoms with Gasteiger partial charge in [-0.25, -0.2) is 13.1 Å². The molecule has 0 aromatic heterocycles. The van der Waals surface area contributed by atoms with Crippen molar-refractivity contribution in [3.05, 3.63) is 29.8 Å². The average Bonchev–Trinajstić information content (AvgIpc) is 2.55. The minimum atomic E-state index is -3.58. The van der Waals surface area contributed by atoms with Gasteiger partial charge >= 0.3 is 0 Å². The second-order valence-corrected chi connectivity index (χ2v) is 8.28. The predicted octanol–water partition coefficient (Wildman–Crippen LogP) is 1.30. The van der Waals surface area contributed by atoms with Gasteiger partial charge in [0.25, 0.3) is 0 Å². The maximum atomic E-state index is 12.3. The summed E-state index contributed by atoms with van der Waals surface area (Å²) in [5, 5.41) is 3.23. The Bertz CT molecular complexity index is 656. The van der Waals surface area contributed by atoms with Crippen molar-refractivity contribution in [3.8, 4) is 0 Å². The van der Waals surface area contributed by atoms with Crippen LogP contribution in [0.2, 0.25) is 0 Å². The van der Waals surface area contributed by atoms with Crippen molar-refractivity contribution >= 4 is 15.9 Å². The van der Waals surface area contributed by atoms with Crippen molar-refractivity contribution in [3.63, 3.8) is 0 Å². The van der Waals surface area contributed by atoms with Crippen LogP contribution in [-0.2, 0) is 14.8 Å². The second-order valence-electron chi connectivity index (χ2n) is 6.51. The summed E-state index contributed by atoms with van der Waals surface area (Å²) in [5.74, 6) is 0.343. The maximum Gasteiger partial charge on any atom is 0.240 e. The Labute approximate surface area is 144 Å². The quantitative estimate of drug-likeness (QED) is 0.808. The van der Waals surface area contributed by atoms with E-state index < -0.39 is 10.0 Å². The van der Waals surface area contributed by atoms with Crippen LogP contribution in [0.5, 0.6) is 0 Å². The lowest BCUT2D eigenvalue weighted by Gasteiger charge is -2.34. The molecule has 0 aliphatic carbocycles. The molecule has 1 aliphatic heterocycles. The van der Waals surface area contributed by atoms with E-state index in [0.717, 1.165) is 18.7 Å². The molecule has 2 rings (SSSR count). The van der Waals surface area contributed by atoms with E-state index in [0.29, 0.717) is 12.5 Å². The Hall–Kier alpha value is -1.44. The lowest BCUT2D eigenvalue weighted by molar-refractivity contribution is -0.133. The highest BCUT2D eigenvalue weighted by Crippen LogP contribution is 2.17. The van der Waals surface area contributed by atoms with Crippen LogP contribution in [0.4, 0.5) is 0 Å². The highest BCUT2D eigenvalue weighted by atomic mass is 32.2. The number of benzene rings is 1. The summed E-state index contributed by atoms with van der Waals surface area (Å²) in [5.41, 5.74) is 1.09. The molecule has 2 N–H and O–H groups in total. The van der Waals surface area contributed by atoms with Gasteiger partial charge in [0.15, 0.2) is 0 Å². The third-order valence-corrected chi connectivity index (χ3v) is 5.79. The third-order valence-electron chi connectivity index (χ3n) is 4.31. The summed E-state index contributed by atoms with van der Waals surface area (Å²) >= 11 is 0. The van der Waals surface area contributed by atoms with Crippen LogP contribution < -0.4 is 10.0 Å². The number of piperazine rings is 1. The van der Waals surface area contributed by atoms with Crippen molar-refractivity contribution in [2.75, 3.05) is 26.2 Å². The van der Waals surface area contributed by atoms with E-state index in [4.69, 9.17) is 0 Å². The van der Waals surface area contributed by atoms with Crippen LogP contribution in [-0.4, -0.2) is 51.4 Å². The van der Waals surface area contributed by atoms with Gasteiger partial charge in [-0.1, -0.05) is 26.0 Å². The van der Waals surface area contributed by atoms with Gasteiger partial charge in [-0.2, -0.15) is 0 Å². The monoisotopic (exact) mass is 353 g/mol. The van der Waals surface area contributed by atoms with Gasteiger partial charge in [0.05, 0.1) is 4.90 Å². The maximum absolute atomic E-state index is 12.3. The number of hydrogen-bond acceptors (Lipinski definition) is 4. The van der Waals surface area contributed by atoms with Gasteiger partial charge in [0.1, 0.15) is 0 Å². The summed E-state index contributed by atoms with van der Waals surface area (Å²) in [6.07, 6.45) is 0.174. The van der Waals surface area contributed by atoms with Gasteiger partial charge in [-0.3, -0.25) is 4.79 Å². The number of sulfonamides is 1. The molecule has 6 nitrogen and oxygen atoms in total. The van der Waals surface area contributed by atoms with E-state index in [1.807, 2.05) is 24.0 Å². The van der Waals surface area contributed by atoms with Crippen molar-refractivity contribution in [1.82, 2.24) is 14.9 Å². The number of hydrogen-bond donors (Lipinski definition) is 2. The van der Waals surface area contributed by atoms with E-state index >= 15 is 0 Å². The number of carbonyl (C=O) groups is 1. The van der Waals surface area contributed by atoms with Gasteiger partial charge in [-0.15, -0.1) is 0 Å². The lowest BCUT2D eigenvalue weighted by Crippen LogP contribution is -2.52. The number of nitrogens with one attached hydrogen (secondary N) is 2. The summed E-state index contributed by atoms with van der Waals surface area (Å²) in [6.45, 7) is 8.45. The second kappa shape index (κ2) is 8.09. The third kappa shape index (κ3) is 4.78. The molecular weight excluding hydrogens is 326 g/mol. The standard InChI is InChI=1S/C17H27N3O3S/c1-13(2)15-4-6-16(7-5-15)24(22,23)19-9-8-17(21)20-11-10-18-12-14(20)3/h4-7,13-14,18-19H,8-12H2,1-3H3/t14-/m1/s1. The molecule has 1 fully saturated rings. The van der Waals surface area contributed by atoms with E-state index in [1.54, 1.807) is 12.1 Å². The van der Waals surface area contributed by atoms with E-state index in [2.05, 4.69) is 23.9 Å². The first kappa shape index (κ1) is 18.9. The summed E-state index contributed by atoms with van der Waals surface area (Å²) in [7, 11) is -3.58. The fourth-order valence-electron chi connectivity index (χ4n) is 2.76. The van der Waals surface area contributed by atoms with Crippen LogP contribution >= 0.6 is 0 Å². The van der Waals surface area contributed by atoms with Crippen molar-refractivity contribution < 1.29 is 13.2 Å². The van der Waals surface area contributed by atoms with Crippen LogP contribution in [0.1, 0.15) is 38.7 Å². The highest BCUT2D eigenvalue weighted by Gasteiger charge is 2.23. The minimum Gasteiger partial charge on any atom is -0.337 e. The fraction of sp³-hybridized carbons (Fsp3) is 0.588. The molecule has 0 radical (unpaired) electrons. The normalized spacial score (nSPS) is 18.8. The largest absolute Gasteiger partial charge is 0.337 e. The topological polar surface area (TPSA) is 78.5 Å². The van der Waals surface area contributed by atoms with Gasteiger partial charge in [-0.05, 0) is 30.5 Å². The summed E-state index contributed by atoms with van der Waals surface area (Å²) in [4.78, 5) is 14.3. The molecule has 7 heteroatoms. The van der Waals surface area contributed by atoms with Crippen LogP contribution in [0.15, 0.2) is 29.2 Å². The van der Waals surface area contributed by atoms with Crippen LogP contribution in [0.25, 0.3) is 0 Å². The smallest absolute Gasteiger partial charge is 0.240 e. The molecule has 1 saturated heterocycles. The molecular formula is C17H27N3O3S. The van der Waals surface area contributed by atoms with Gasteiger partial charge < -0.3 is 10.2 Å². The molecule has 24 heavy (non-hydrogen) atoms. The van der Waals surface area contributed by atoms with Crippen molar-refractivity contribution in [2.45, 2.75) is 44.0 Å². The molecule has 1 heterocycles. The molecule has 0 bridgehead atoms. The zero-order valence-electron chi connectivity index (χ0n) is 14.6. The number of amides is 1. The molecule has 1 aromatic rings. The Balaban J connectivity index is 1.89. The predicted molar refractivity (Wildman–Crippen MR) is 94.4 cm³/mol. The first-order valence-electron chi connectivity index (χ1n) is 8.41. The molecule has 0 unspecified atom stereocenters. The van der Waals surface area contributed by atoms with E-state index in [1.165, 1.54) is 0 Å². The molecule has 1 amide bonds. The lowest BCUT2D eigenvalue weighted by atomic mass is 10.0. The Morgan fingerprint density at radius 3 is 2.58 bits per heavy atom. The van der Waals surface area contributed by atoms with Crippen molar-refractivity contribution in [1.29, 1.82) is 0 Å². The first-order valence-corrected chi connectivity index (χ1v) is 9.89. The zero-order valence-corrected chi connectivity index (χ0v) is 15.4.